The van der Waals surface area contributed by atoms with Gasteiger partial charge in [-0.1, -0.05) is 226 Å². The molecule has 0 bridgehead atoms. The molecular formula is C71H116O12. The summed E-state index contributed by atoms with van der Waals surface area (Å²) in [5, 5.41) is 31.6. The molecule has 0 aromatic heterocycles. The first-order valence-corrected chi connectivity index (χ1v) is 32.9. The highest BCUT2D eigenvalue weighted by molar-refractivity contribution is 5.74. The maximum Gasteiger partial charge on any atom is 0.335 e. The van der Waals surface area contributed by atoms with Crippen molar-refractivity contribution in [1.29, 1.82) is 0 Å². The van der Waals surface area contributed by atoms with Crippen molar-refractivity contribution >= 4 is 23.9 Å². The van der Waals surface area contributed by atoms with Gasteiger partial charge < -0.3 is 39.0 Å². The molecule has 1 rings (SSSR count). The number of hydrogen-bond acceptors (Lipinski definition) is 11. The zero-order valence-corrected chi connectivity index (χ0v) is 52.2. The lowest BCUT2D eigenvalue weighted by molar-refractivity contribution is -0.301. The van der Waals surface area contributed by atoms with Crippen LogP contribution in [0.15, 0.2) is 109 Å². The van der Waals surface area contributed by atoms with Crippen LogP contribution in [0.2, 0.25) is 0 Å². The van der Waals surface area contributed by atoms with Gasteiger partial charge in [-0.25, -0.2) is 4.79 Å². The number of aliphatic carboxylic acids is 1. The van der Waals surface area contributed by atoms with Crippen LogP contribution in [0.4, 0.5) is 0 Å². The Kier molecular flexibility index (Phi) is 53.2. The van der Waals surface area contributed by atoms with Gasteiger partial charge in [0.25, 0.3) is 0 Å². The summed E-state index contributed by atoms with van der Waals surface area (Å²) in [5.74, 6) is -3.20. The van der Waals surface area contributed by atoms with Gasteiger partial charge in [-0.15, -0.1) is 0 Å². The Labute approximate surface area is 504 Å². The quantitative estimate of drug-likeness (QED) is 0.0228. The van der Waals surface area contributed by atoms with Crippen LogP contribution in [-0.4, -0.2) is 89.2 Å². The SMILES string of the molecule is CC/C=C\C/C=C\C/C=C\C/C=C\CCCCC(=O)OC(COC(=O)CCCCCCCCCCC/C=C\C/C=C\CCCCC)COC1OC(C(=O)O)C(O)C(O)C1OC(=O)CCCCCCCC/C=C\C/C=C\C/C=C\CCCCC. The van der Waals surface area contributed by atoms with Crippen molar-refractivity contribution in [2.75, 3.05) is 13.2 Å². The maximum absolute atomic E-state index is 13.2. The number of hydrogen-bond donors (Lipinski definition) is 3. The lowest BCUT2D eigenvalue weighted by atomic mass is 9.98. The Morgan fingerprint density at radius 1 is 0.410 bits per heavy atom. The molecule has 1 aliphatic rings. The molecular weight excluding hydrogens is 1040 g/mol. The van der Waals surface area contributed by atoms with Gasteiger partial charge in [0, 0.05) is 19.3 Å². The van der Waals surface area contributed by atoms with Gasteiger partial charge in [-0.2, -0.15) is 0 Å². The molecule has 0 aromatic rings. The lowest BCUT2D eigenvalue weighted by Crippen LogP contribution is -2.61. The summed E-state index contributed by atoms with van der Waals surface area (Å²) >= 11 is 0. The molecule has 1 saturated heterocycles. The topological polar surface area (TPSA) is 175 Å². The maximum atomic E-state index is 13.2. The zero-order chi connectivity index (χ0) is 60.3. The third-order valence-corrected chi connectivity index (χ3v) is 14.3. The second-order valence-corrected chi connectivity index (χ2v) is 22.0. The Morgan fingerprint density at radius 3 is 1.18 bits per heavy atom. The molecule has 1 aliphatic heterocycles. The summed E-state index contributed by atoms with van der Waals surface area (Å²) in [6, 6.07) is 0. The molecule has 0 aromatic carbocycles. The summed E-state index contributed by atoms with van der Waals surface area (Å²) in [4.78, 5) is 51.3. The van der Waals surface area contributed by atoms with Crippen LogP contribution in [0.3, 0.4) is 0 Å². The fraction of sp³-hybridized carbons (Fsp3) is 0.690. The van der Waals surface area contributed by atoms with E-state index in [2.05, 4.69) is 130 Å². The third-order valence-electron chi connectivity index (χ3n) is 14.3. The van der Waals surface area contributed by atoms with Crippen LogP contribution < -0.4 is 0 Å². The Hall–Kier alpha value is -4.62. The van der Waals surface area contributed by atoms with Gasteiger partial charge in [0.15, 0.2) is 24.6 Å². The minimum atomic E-state index is -1.92. The molecule has 0 radical (unpaired) electrons. The third kappa shape index (κ3) is 47.3. The first kappa shape index (κ1) is 76.4. The predicted molar refractivity (Wildman–Crippen MR) is 340 cm³/mol. The number of esters is 3. The molecule has 6 unspecified atom stereocenters. The van der Waals surface area contributed by atoms with E-state index >= 15 is 0 Å². The number of carbonyl (C=O) groups is 4. The van der Waals surface area contributed by atoms with Crippen molar-refractivity contribution in [3.05, 3.63) is 109 Å². The van der Waals surface area contributed by atoms with Crippen molar-refractivity contribution in [3.63, 3.8) is 0 Å². The monoisotopic (exact) mass is 1160 g/mol. The van der Waals surface area contributed by atoms with Crippen molar-refractivity contribution in [2.45, 2.75) is 302 Å². The average molecular weight is 1160 g/mol. The molecule has 6 atom stereocenters. The molecule has 12 heteroatoms. The first-order valence-electron chi connectivity index (χ1n) is 32.9. The molecule has 1 fully saturated rings. The van der Waals surface area contributed by atoms with Gasteiger partial charge in [0.05, 0.1) is 6.61 Å². The largest absolute Gasteiger partial charge is 0.479 e. The van der Waals surface area contributed by atoms with Crippen LogP contribution in [0, 0.1) is 0 Å². The van der Waals surface area contributed by atoms with Gasteiger partial charge >= 0.3 is 23.9 Å². The summed E-state index contributed by atoms with van der Waals surface area (Å²) < 4.78 is 28.5. The van der Waals surface area contributed by atoms with Gasteiger partial charge in [-0.3, -0.25) is 14.4 Å². The number of unbranched alkanes of at least 4 members (excludes halogenated alkanes) is 23. The summed E-state index contributed by atoms with van der Waals surface area (Å²) in [5.41, 5.74) is 0. The normalized spacial score (nSPS) is 18.3. The van der Waals surface area contributed by atoms with E-state index < -0.39 is 67.3 Å². The van der Waals surface area contributed by atoms with E-state index in [0.29, 0.717) is 19.3 Å². The smallest absolute Gasteiger partial charge is 0.335 e. The fourth-order valence-electron chi connectivity index (χ4n) is 9.28. The minimum absolute atomic E-state index is 0.0357. The number of aliphatic hydroxyl groups is 2. The van der Waals surface area contributed by atoms with E-state index in [1.807, 2.05) is 0 Å². The Bertz CT molecular complexity index is 1860. The van der Waals surface area contributed by atoms with Crippen molar-refractivity contribution < 1.29 is 58.2 Å². The minimum Gasteiger partial charge on any atom is -0.479 e. The Morgan fingerprint density at radius 2 is 0.759 bits per heavy atom. The standard InChI is InChI=1S/C71H116O12/c1-4-7-10-13-16-19-22-25-28-30-32-34-37-39-42-45-48-51-54-57-63(72)79-60-62(81-64(73)58-55-52-49-46-43-40-36-27-24-21-18-15-12-9-6-3)61-80-71-69(67(76)66(75)68(83-71)70(77)78)82-65(74)59-56-53-50-47-44-41-38-35-33-31-29-26-23-20-17-14-11-8-5-2/h9,12,16-21,25-29,33,35-36,43,46,62,66-69,71,75-76H,4-8,10-11,13-15,22-24,30-32,34,37-42,44-45,47-61H2,1-3H3,(H,77,78)/b12-9-,19-16-,20-17-,21-18-,28-25-,29-26-,35-33-,36-27-,46-43-. The van der Waals surface area contributed by atoms with Gasteiger partial charge in [-0.05, 0) is 128 Å². The number of rotatable bonds is 55. The number of carbonyl (C=O) groups excluding carboxylic acids is 3. The molecule has 12 nitrogen and oxygen atoms in total. The van der Waals surface area contributed by atoms with Gasteiger partial charge in [0.1, 0.15) is 18.8 Å². The molecule has 0 aliphatic carbocycles. The lowest BCUT2D eigenvalue weighted by Gasteiger charge is -2.40. The molecule has 472 valence electrons. The van der Waals surface area contributed by atoms with E-state index in [0.717, 1.165) is 128 Å². The number of carboxylic acid groups (broad SMARTS) is 1. The molecule has 0 spiro atoms. The van der Waals surface area contributed by atoms with E-state index in [-0.39, 0.29) is 25.9 Å². The second kappa shape index (κ2) is 57.8. The van der Waals surface area contributed by atoms with Crippen molar-refractivity contribution in [3.8, 4) is 0 Å². The molecule has 0 saturated carbocycles. The van der Waals surface area contributed by atoms with Crippen LogP contribution in [0.1, 0.15) is 265 Å². The van der Waals surface area contributed by atoms with Crippen LogP contribution >= 0.6 is 0 Å². The summed E-state index contributed by atoms with van der Waals surface area (Å²) in [7, 11) is 0. The van der Waals surface area contributed by atoms with Crippen LogP contribution in [0.5, 0.6) is 0 Å². The summed E-state index contributed by atoms with van der Waals surface area (Å²) in [6.07, 6.45) is 66.1. The predicted octanol–water partition coefficient (Wildman–Crippen LogP) is 17.8. The Balaban J connectivity index is 2.68. The van der Waals surface area contributed by atoms with Gasteiger partial charge in [0.2, 0.25) is 0 Å². The van der Waals surface area contributed by atoms with E-state index in [1.54, 1.807) is 0 Å². The van der Waals surface area contributed by atoms with E-state index in [9.17, 15) is 34.5 Å². The molecule has 1 heterocycles. The van der Waals surface area contributed by atoms with Crippen LogP contribution in [0.25, 0.3) is 0 Å². The van der Waals surface area contributed by atoms with Crippen molar-refractivity contribution in [1.82, 2.24) is 0 Å². The molecule has 83 heavy (non-hydrogen) atoms. The number of carboxylic acids is 1. The second-order valence-electron chi connectivity index (χ2n) is 22.0. The highest BCUT2D eigenvalue weighted by Gasteiger charge is 2.50. The highest BCUT2D eigenvalue weighted by atomic mass is 16.7. The van der Waals surface area contributed by atoms with E-state index in [4.69, 9.17) is 23.7 Å². The number of ether oxygens (including phenoxy) is 5. The van der Waals surface area contributed by atoms with E-state index in [1.165, 1.54) is 77.0 Å². The number of allylic oxidation sites excluding steroid dienone is 18. The fourth-order valence-corrected chi connectivity index (χ4v) is 9.28. The zero-order valence-electron chi connectivity index (χ0n) is 52.2. The van der Waals surface area contributed by atoms with Crippen LogP contribution in [-0.2, 0) is 42.9 Å². The summed E-state index contributed by atoms with van der Waals surface area (Å²) in [6.45, 7) is 5.80. The highest BCUT2D eigenvalue weighted by Crippen LogP contribution is 2.26. The number of aliphatic hydroxyl groups excluding tert-OH is 2. The van der Waals surface area contributed by atoms with Crippen molar-refractivity contribution in [2.24, 2.45) is 0 Å². The molecule has 0 amide bonds. The molecule has 3 N–H and O–H groups in total. The average Bonchev–Trinajstić information content (AvgIpc) is 3.60. The first-order chi connectivity index (χ1) is 40.6.